The Hall–Kier alpha value is -0.950. The van der Waals surface area contributed by atoms with E-state index in [1.165, 1.54) is 122 Å². The predicted molar refractivity (Wildman–Crippen MR) is 182 cm³/mol. The summed E-state index contributed by atoms with van der Waals surface area (Å²) in [5.74, 6) is -0.594. The SMILES string of the molecule is CCCCCCCC/C=C/CCCC(O)C(O)C(CO)NC(=O)C(O)CCCCCCCCCCCCCCCCCC. The van der Waals surface area contributed by atoms with Gasteiger partial charge in [0.15, 0.2) is 0 Å². The summed E-state index contributed by atoms with van der Waals surface area (Å²) in [7, 11) is 0. The Morgan fingerprint density at radius 3 is 1.40 bits per heavy atom. The fourth-order valence-corrected chi connectivity index (χ4v) is 5.70. The number of hydrogen-bond acceptors (Lipinski definition) is 5. The topological polar surface area (TPSA) is 110 Å². The molecule has 0 saturated carbocycles. The highest BCUT2D eigenvalue weighted by molar-refractivity contribution is 5.80. The molecular weight excluding hydrogens is 538 g/mol. The van der Waals surface area contributed by atoms with Crippen molar-refractivity contribution in [2.75, 3.05) is 6.61 Å². The van der Waals surface area contributed by atoms with Crippen molar-refractivity contribution in [1.82, 2.24) is 5.32 Å². The number of unbranched alkanes of at least 4 members (excludes halogenated alkanes) is 22. The number of aliphatic hydroxyl groups is 4. The summed E-state index contributed by atoms with van der Waals surface area (Å²) >= 11 is 0. The summed E-state index contributed by atoms with van der Waals surface area (Å²) in [6, 6.07) is -0.994. The van der Waals surface area contributed by atoms with Crippen LogP contribution < -0.4 is 5.32 Å². The lowest BCUT2D eigenvalue weighted by molar-refractivity contribution is -0.132. The molecule has 6 nitrogen and oxygen atoms in total. The van der Waals surface area contributed by atoms with Crippen molar-refractivity contribution in [1.29, 1.82) is 0 Å². The Labute approximate surface area is 266 Å². The number of rotatable bonds is 33. The van der Waals surface area contributed by atoms with Crippen LogP contribution in [0.25, 0.3) is 0 Å². The van der Waals surface area contributed by atoms with Crippen molar-refractivity contribution in [3.63, 3.8) is 0 Å². The molecule has 5 N–H and O–H groups in total. The first kappa shape index (κ1) is 42.0. The molecule has 0 heterocycles. The molecule has 256 valence electrons. The van der Waals surface area contributed by atoms with Crippen LogP contribution in [0.1, 0.15) is 187 Å². The zero-order chi connectivity index (χ0) is 31.8. The Morgan fingerprint density at radius 2 is 0.953 bits per heavy atom. The van der Waals surface area contributed by atoms with Crippen molar-refractivity contribution < 1.29 is 25.2 Å². The summed E-state index contributed by atoms with van der Waals surface area (Å²) < 4.78 is 0. The fourth-order valence-electron chi connectivity index (χ4n) is 5.70. The van der Waals surface area contributed by atoms with Gasteiger partial charge in [-0.3, -0.25) is 4.79 Å². The van der Waals surface area contributed by atoms with Crippen molar-refractivity contribution in [2.24, 2.45) is 0 Å². The first-order valence-corrected chi connectivity index (χ1v) is 18.6. The number of carbonyl (C=O) groups is 1. The maximum Gasteiger partial charge on any atom is 0.249 e. The van der Waals surface area contributed by atoms with Gasteiger partial charge < -0.3 is 25.7 Å². The van der Waals surface area contributed by atoms with Gasteiger partial charge in [-0.05, 0) is 38.5 Å². The lowest BCUT2D eigenvalue weighted by atomic mass is 10.00. The quantitative estimate of drug-likeness (QED) is 0.0377. The van der Waals surface area contributed by atoms with Gasteiger partial charge in [-0.2, -0.15) is 0 Å². The summed E-state index contributed by atoms with van der Waals surface area (Å²) in [5, 5.41) is 43.3. The molecule has 0 saturated heterocycles. The first-order chi connectivity index (χ1) is 21.0. The number of carbonyl (C=O) groups excluding carboxylic acids is 1. The van der Waals surface area contributed by atoms with E-state index in [0.29, 0.717) is 12.8 Å². The molecule has 0 spiro atoms. The van der Waals surface area contributed by atoms with Crippen LogP contribution >= 0.6 is 0 Å². The Bertz CT molecular complexity index is 614. The zero-order valence-corrected chi connectivity index (χ0v) is 28.5. The third-order valence-electron chi connectivity index (χ3n) is 8.73. The van der Waals surface area contributed by atoms with Crippen molar-refractivity contribution in [3.05, 3.63) is 12.2 Å². The van der Waals surface area contributed by atoms with Crippen LogP contribution in [0.15, 0.2) is 12.2 Å². The molecule has 0 aromatic rings. The molecule has 0 aromatic heterocycles. The second-order valence-electron chi connectivity index (χ2n) is 12.9. The summed E-state index contributed by atoms with van der Waals surface area (Å²) in [6.07, 6.45) is 32.3. The lowest BCUT2D eigenvalue weighted by Crippen LogP contribution is -2.53. The van der Waals surface area contributed by atoms with Gasteiger partial charge in [0.1, 0.15) is 12.2 Å². The van der Waals surface area contributed by atoms with Crippen LogP contribution in [-0.4, -0.2) is 57.3 Å². The number of aliphatic hydroxyl groups excluding tert-OH is 4. The molecule has 1 amide bonds. The molecule has 43 heavy (non-hydrogen) atoms. The molecule has 0 bridgehead atoms. The van der Waals surface area contributed by atoms with E-state index < -0.39 is 36.9 Å². The molecule has 0 fully saturated rings. The molecule has 0 rings (SSSR count). The van der Waals surface area contributed by atoms with Crippen molar-refractivity contribution >= 4 is 5.91 Å². The minimum absolute atomic E-state index is 0.367. The van der Waals surface area contributed by atoms with E-state index in [-0.39, 0.29) is 0 Å². The van der Waals surface area contributed by atoms with E-state index in [9.17, 15) is 25.2 Å². The molecule has 0 aliphatic heterocycles. The monoisotopic (exact) mass is 612 g/mol. The third kappa shape index (κ3) is 27.1. The van der Waals surface area contributed by atoms with Gasteiger partial charge >= 0.3 is 0 Å². The van der Waals surface area contributed by atoms with E-state index in [1.807, 2.05) is 0 Å². The van der Waals surface area contributed by atoms with Crippen LogP contribution in [0.4, 0.5) is 0 Å². The molecule has 0 aliphatic carbocycles. The average molecular weight is 612 g/mol. The van der Waals surface area contributed by atoms with Gasteiger partial charge in [-0.25, -0.2) is 0 Å². The van der Waals surface area contributed by atoms with Crippen LogP contribution in [0.2, 0.25) is 0 Å². The van der Waals surface area contributed by atoms with E-state index in [2.05, 4.69) is 31.3 Å². The highest BCUT2D eigenvalue weighted by Gasteiger charge is 2.28. The largest absolute Gasteiger partial charge is 0.394 e. The van der Waals surface area contributed by atoms with E-state index in [4.69, 9.17) is 0 Å². The number of amides is 1. The molecule has 4 atom stereocenters. The predicted octanol–water partition coefficient (Wildman–Crippen LogP) is 8.67. The van der Waals surface area contributed by atoms with Crippen molar-refractivity contribution in [3.8, 4) is 0 Å². The number of allylic oxidation sites excluding steroid dienone is 2. The maximum absolute atomic E-state index is 12.4. The molecule has 0 aromatic carbocycles. The standard InChI is InChI=1S/C37H73NO5/c1-3-5-7-9-11-13-15-16-17-18-19-21-23-25-27-29-31-35(41)37(43)38-33(32-39)36(42)34(40)30-28-26-24-22-20-14-12-10-8-6-4-2/h22,24,33-36,39-42H,3-21,23,25-32H2,1-2H3,(H,38,43)/b24-22+. The van der Waals surface area contributed by atoms with E-state index in [1.54, 1.807) is 0 Å². The van der Waals surface area contributed by atoms with Gasteiger partial charge in [0.25, 0.3) is 0 Å². The highest BCUT2D eigenvalue weighted by Crippen LogP contribution is 2.15. The number of hydrogen-bond donors (Lipinski definition) is 5. The first-order valence-electron chi connectivity index (χ1n) is 18.6. The van der Waals surface area contributed by atoms with Gasteiger partial charge in [0, 0.05) is 0 Å². The normalized spacial score (nSPS) is 14.7. The molecule has 0 aliphatic rings. The van der Waals surface area contributed by atoms with Gasteiger partial charge in [0.2, 0.25) is 5.91 Å². The van der Waals surface area contributed by atoms with Gasteiger partial charge in [0.05, 0.1) is 18.8 Å². The van der Waals surface area contributed by atoms with Gasteiger partial charge in [-0.15, -0.1) is 0 Å². The third-order valence-corrected chi connectivity index (χ3v) is 8.73. The van der Waals surface area contributed by atoms with Gasteiger partial charge in [-0.1, -0.05) is 161 Å². The molecular formula is C37H73NO5. The summed E-state index contributed by atoms with van der Waals surface area (Å²) in [5.41, 5.74) is 0. The maximum atomic E-state index is 12.4. The van der Waals surface area contributed by atoms with Crippen LogP contribution in [0.3, 0.4) is 0 Å². The second-order valence-corrected chi connectivity index (χ2v) is 12.9. The van der Waals surface area contributed by atoms with Crippen LogP contribution in [0.5, 0.6) is 0 Å². The second kappa shape index (κ2) is 32.4. The summed E-state index contributed by atoms with van der Waals surface area (Å²) in [6.45, 7) is 4.00. The molecule has 4 unspecified atom stereocenters. The Balaban J connectivity index is 3.82. The van der Waals surface area contributed by atoms with Crippen LogP contribution in [-0.2, 0) is 4.79 Å². The average Bonchev–Trinajstić information content (AvgIpc) is 3.01. The summed E-state index contributed by atoms with van der Waals surface area (Å²) in [4.78, 5) is 12.4. The van der Waals surface area contributed by atoms with E-state index in [0.717, 1.165) is 38.5 Å². The van der Waals surface area contributed by atoms with Crippen LogP contribution in [0, 0.1) is 0 Å². The molecule has 6 heteroatoms. The van der Waals surface area contributed by atoms with Crippen molar-refractivity contribution in [2.45, 2.75) is 212 Å². The fraction of sp³-hybridized carbons (Fsp3) is 0.919. The Morgan fingerprint density at radius 1 is 0.558 bits per heavy atom. The minimum atomic E-state index is -1.27. The Kier molecular flexibility index (Phi) is 31.7. The highest BCUT2D eigenvalue weighted by atomic mass is 16.3. The smallest absolute Gasteiger partial charge is 0.249 e. The van der Waals surface area contributed by atoms with E-state index >= 15 is 0 Å². The molecule has 0 radical (unpaired) electrons. The lowest BCUT2D eigenvalue weighted by Gasteiger charge is -2.27. The number of nitrogens with one attached hydrogen (secondary N) is 1. The zero-order valence-electron chi connectivity index (χ0n) is 28.5. The minimum Gasteiger partial charge on any atom is -0.394 e.